The normalized spacial score (nSPS) is 24.8. The standard InChI is InChI=1S/C12H16N2/c1-8-2-5-10-11(6-8)13-7-12(14-10)9-3-4-9/h2,5-6,9,12-14H,3-4,7H2,1H3. The fourth-order valence-electron chi connectivity index (χ4n) is 2.18. The van der Waals surface area contributed by atoms with E-state index in [9.17, 15) is 0 Å². The van der Waals surface area contributed by atoms with E-state index >= 15 is 0 Å². The summed E-state index contributed by atoms with van der Waals surface area (Å²) < 4.78 is 0. The van der Waals surface area contributed by atoms with Gasteiger partial charge in [0.05, 0.1) is 11.4 Å². The van der Waals surface area contributed by atoms with Crippen LogP contribution in [0.15, 0.2) is 18.2 Å². The van der Waals surface area contributed by atoms with Crippen LogP contribution in [-0.2, 0) is 0 Å². The molecule has 2 nitrogen and oxygen atoms in total. The first kappa shape index (κ1) is 8.16. The van der Waals surface area contributed by atoms with Gasteiger partial charge < -0.3 is 10.6 Å². The SMILES string of the molecule is Cc1ccc2c(c1)NCC(C1CC1)N2. The Morgan fingerprint density at radius 3 is 2.86 bits per heavy atom. The van der Waals surface area contributed by atoms with Crippen LogP contribution in [0.2, 0.25) is 0 Å². The van der Waals surface area contributed by atoms with Crippen LogP contribution in [-0.4, -0.2) is 12.6 Å². The summed E-state index contributed by atoms with van der Waals surface area (Å²) >= 11 is 0. The smallest absolute Gasteiger partial charge is 0.0579 e. The number of nitrogens with one attached hydrogen (secondary N) is 2. The lowest BCUT2D eigenvalue weighted by Gasteiger charge is -2.28. The zero-order chi connectivity index (χ0) is 9.54. The number of aryl methyl sites for hydroxylation is 1. The molecule has 14 heavy (non-hydrogen) atoms. The van der Waals surface area contributed by atoms with Crippen LogP contribution in [0.1, 0.15) is 18.4 Å². The van der Waals surface area contributed by atoms with E-state index in [-0.39, 0.29) is 0 Å². The molecule has 0 spiro atoms. The van der Waals surface area contributed by atoms with Gasteiger partial charge in [-0.15, -0.1) is 0 Å². The molecule has 0 amide bonds. The molecule has 1 atom stereocenters. The highest BCUT2D eigenvalue weighted by Crippen LogP contribution is 2.38. The van der Waals surface area contributed by atoms with Crippen LogP contribution in [0.3, 0.4) is 0 Å². The average Bonchev–Trinajstić information content (AvgIpc) is 3.00. The number of fused-ring (bicyclic) bond motifs is 1. The molecule has 2 aliphatic rings. The van der Waals surface area contributed by atoms with Gasteiger partial charge in [0.15, 0.2) is 0 Å². The lowest BCUT2D eigenvalue weighted by atomic mass is 10.1. The highest BCUT2D eigenvalue weighted by atomic mass is 15.1. The minimum absolute atomic E-state index is 0.658. The minimum Gasteiger partial charge on any atom is -0.381 e. The molecule has 0 aromatic heterocycles. The number of hydrogen-bond donors (Lipinski definition) is 2. The van der Waals surface area contributed by atoms with Gasteiger partial charge in [-0.25, -0.2) is 0 Å². The summed E-state index contributed by atoms with van der Waals surface area (Å²) in [6.45, 7) is 3.22. The molecule has 1 fully saturated rings. The molecule has 1 heterocycles. The number of hydrogen-bond acceptors (Lipinski definition) is 2. The Kier molecular flexibility index (Phi) is 1.69. The van der Waals surface area contributed by atoms with Gasteiger partial charge in [0.25, 0.3) is 0 Å². The first-order valence-electron chi connectivity index (χ1n) is 5.44. The third-order valence-corrected chi connectivity index (χ3v) is 3.22. The molecule has 0 saturated heterocycles. The highest BCUT2D eigenvalue weighted by Gasteiger charge is 2.33. The predicted octanol–water partition coefficient (Wildman–Crippen LogP) is 2.61. The van der Waals surface area contributed by atoms with Gasteiger partial charge in [-0.05, 0) is 43.4 Å². The summed E-state index contributed by atoms with van der Waals surface area (Å²) in [6, 6.07) is 7.23. The van der Waals surface area contributed by atoms with Gasteiger partial charge in [0.1, 0.15) is 0 Å². The Balaban J connectivity index is 1.86. The molecule has 2 heteroatoms. The zero-order valence-corrected chi connectivity index (χ0v) is 8.51. The quantitative estimate of drug-likeness (QED) is 0.708. The van der Waals surface area contributed by atoms with Crippen LogP contribution < -0.4 is 10.6 Å². The van der Waals surface area contributed by atoms with Crippen molar-refractivity contribution >= 4 is 11.4 Å². The van der Waals surface area contributed by atoms with E-state index in [1.165, 1.54) is 29.8 Å². The van der Waals surface area contributed by atoms with Crippen molar-refractivity contribution in [1.82, 2.24) is 0 Å². The van der Waals surface area contributed by atoms with Gasteiger partial charge in [0, 0.05) is 12.6 Å². The summed E-state index contributed by atoms with van der Waals surface area (Å²) in [7, 11) is 0. The van der Waals surface area contributed by atoms with Crippen molar-refractivity contribution in [1.29, 1.82) is 0 Å². The average molecular weight is 188 g/mol. The maximum atomic E-state index is 3.62. The topological polar surface area (TPSA) is 24.1 Å². The van der Waals surface area contributed by atoms with E-state index in [2.05, 4.69) is 35.8 Å². The monoisotopic (exact) mass is 188 g/mol. The Labute approximate surface area is 84.7 Å². The second-order valence-electron chi connectivity index (χ2n) is 4.52. The summed E-state index contributed by atoms with van der Waals surface area (Å²) in [5.74, 6) is 0.914. The lowest BCUT2D eigenvalue weighted by Crippen LogP contribution is -2.34. The molecular weight excluding hydrogens is 172 g/mol. The lowest BCUT2D eigenvalue weighted by molar-refractivity contribution is 0.653. The molecule has 2 N–H and O–H groups in total. The summed E-state index contributed by atoms with van der Waals surface area (Å²) in [5.41, 5.74) is 3.86. The Morgan fingerprint density at radius 2 is 2.07 bits per heavy atom. The first-order valence-corrected chi connectivity index (χ1v) is 5.44. The van der Waals surface area contributed by atoms with Gasteiger partial charge in [-0.2, -0.15) is 0 Å². The zero-order valence-electron chi connectivity index (χ0n) is 8.51. The van der Waals surface area contributed by atoms with Crippen LogP contribution >= 0.6 is 0 Å². The Hall–Kier alpha value is -1.18. The molecule has 0 bridgehead atoms. The van der Waals surface area contributed by atoms with Crippen molar-refractivity contribution in [3.8, 4) is 0 Å². The van der Waals surface area contributed by atoms with E-state index in [0.29, 0.717) is 6.04 Å². The molecule has 1 aliphatic heterocycles. The number of anilines is 2. The van der Waals surface area contributed by atoms with Crippen LogP contribution in [0.4, 0.5) is 11.4 Å². The van der Waals surface area contributed by atoms with Crippen molar-refractivity contribution in [2.24, 2.45) is 5.92 Å². The van der Waals surface area contributed by atoms with E-state index in [1.807, 2.05) is 0 Å². The van der Waals surface area contributed by atoms with E-state index in [4.69, 9.17) is 0 Å². The van der Waals surface area contributed by atoms with Crippen LogP contribution in [0.5, 0.6) is 0 Å². The molecule has 1 aromatic carbocycles. The van der Waals surface area contributed by atoms with E-state index < -0.39 is 0 Å². The van der Waals surface area contributed by atoms with Crippen LogP contribution in [0, 0.1) is 12.8 Å². The predicted molar refractivity (Wildman–Crippen MR) is 59.8 cm³/mol. The molecule has 1 aliphatic carbocycles. The fraction of sp³-hybridized carbons (Fsp3) is 0.500. The van der Waals surface area contributed by atoms with E-state index in [0.717, 1.165) is 12.5 Å². The third kappa shape index (κ3) is 1.35. The molecule has 1 saturated carbocycles. The fourth-order valence-corrected chi connectivity index (χ4v) is 2.18. The van der Waals surface area contributed by atoms with Crippen molar-refractivity contribution in [2.75, 3.05) is 17.2 Å². The molecular formula is C12H16N2. The van der Waals surface area contributed by atoms with Crippen molar-refractivity contribution in [3.63, 3.8) is 0 Å². The molecule has 74 valence electrons. The van der Waals surface area contributed by atoms with Crippen LogP contribution in [0.25, 0.3) is 0 Å². The second-order valence-corrected chi connectivity index (χ2v) is 4.52. The van der Waals surface area contributed by atoms with Crippen molar-refractivity contribution in [2.45, 2.75) is 25.8 Å². The Bertz CT molecular complexity index is 355. The van der Waals surface area contributed by atoms with Gasteiger partial charge in [-0.3, -0.25) is 0 Å². The first-order chi connectivity index (χ1) is 6.83. The molecule has 1 aromatic rings. The van der Waals surface area contributed by atoms with Gasteiger partial charge >= 0.3 is 0 Å². The Morgan fingerprint density at radius 1 is 1.21 bits per heavy atom. The van der Waals surface area contributed by atoms with E-state index in [1.54, 1.807) is 0 Å². The third-order valence-electron chi connectivity index (χ3n) is 3.22. The highest BCUT2D eigenvalue weighted by molar-refractivity contribution is 5.72. The summed E-state index contributed by atoms with van der Waals surface area (Å²) in [5, 5.41) is 7.14. The van der Waals surface area contributed by atoms with Crippen molar-refractivity contribution < 1.29 is 0 Å². The maximum absolute atomic E-state index is 3.62. The van der Waals surface area contributed by atoms with Gasteiger partial charge in [-0.1, -0.05) is 6.07 Å². The second kappa shape index (κ2) is 2.91. The summed E-state index contributed by atoms with van der Waals surface area (Å²) in [6.07, 6.45) is 2.81. The number of benzene rings is 1. The van der Waals surface area contributed by atoms with Gasteiger partial charge in [0.2, 0.25) is 0 Å². The molecule has 0 radical (unpaired) electrons. The molecule has 1 unspecified atom stereocenters. The number of rotatable bonds is 1. The summed E-state index contributed by atoms with van der Waals surface area (Å²) in [4.78, 5) is 0. The van der Waals surface area contributed by atoms with Crippen molar-refractivity contribution in [3.05, 3.63) is 23.8 Å². The largest absolute Gasteiger partial charge is 0.381 e. The molecule has 3 rings (SSSR count). The minimum atomic E-state index is 0.658. The maximum Gasteiger partial charge on any atom is 0.0579 e.